The smallest absolute Gasteiger partial charge is 0.268 e. The molecule has 2 heterocycles. The summed E-state index contributed by atoms with van der Waals surface area (Å²) >= 11 is 1.56. The number of carbonyl (C=O) groups is 2. The lowest BCUT2D eigenvalue weighted by Gasteiger charge is -2.36. The zero-order chi connectivity index (χ0) is 24.9. The number of rotatable bonds is 9. The minimum Gasteiger partial charge on any atom is -0.492 e. The van der Waals surface area contributed by atoms with Crippen LogP contribution in [0.1, 0.15) is 25.8 Å². The van der Waals surface area contributed by atoms with E-state index in [-0.39, 0.29) is 11.8 Å². The summed E-state index contributed by atoms with van der Waals surface area (Å²) in [7, 11) is 1.66. The van der Waals surface area contributed by atoms with Crippen molar-refractivity contribution in [3.8, 4) is 22.8 Å². The topological polar surface area (TPSA) is 90.0 Å². The van der Waals surface area contributed by atoms with Gasteiger partial charge >= 0.3 is 0 Å². The van der Waals surface area contributed by atoms with E-state index in [0.717, 1.165) is 22.7 Å². The Morgan fingerprint density at radius 3 is 2.86 bits per heavy atom. The minimum atomic E-state index is -0.787. The SMILES string of the molecule is CCOc1ccccc1NC(=O)C(C)N1C(=O)C(C)Oc2ccc(-c3csc(CCOC)n3)cc21. The van der Waals surface area contributed by atoms with Crippen LogP contribution >= 0.6 is 11.3 Å². The molecule has 0 saturated heterocycles. The molecular formula is C26H29N3O5S. The first kappa shape index (κ1) is 24.7. The van der Waals surface area contributed by atoms with Gasteiger partial charge in [-0.2, -0.15) is 0 Å². The van der Waals surface area contributed by atoms with Crippen LogP contribution in [0.4, 0.5) is 11.4 Å². The molecule has 3 aromatic rings. The minimum absolute atomic E-state index is 0.283. The van der Waals surface area contributed by atoms with Crippen LogP contribution in [0.3, 0.4) is 0 Å². The summed E-state index contributed by atoms with van der Waals surface area (Å²) in [6.45, 7) is 6.35. The predicted octanol–water partition coefficient (Wildman–Crippen LogP) is 4.54. The Balaban J connectivity index is 1.63. The second-order valence-electron chi connectivity index (χ2n) is 8.11. The summed E-state index contributed by atoms with van der Waals surface area (Å²) in [5, 5.41) is 5.86. The molecule has 1 N–H and O–H groups in total. The average Bonchev–Trinajstić information content (AvgIpc) is 3.33. The van der Waals surface area contributed by atoms with Crippen LogP contribution in [-0.2, 0) is 20.7 Å². The maximum atomic E-state index is 13.3. The lowest BCUT2D eigenvalue weighted by atomic mass is 10.1. The fourth-order valence-electron chi connectivity index (χ4n) is 3.87. The number of nitrogens with zero attached hydrogens (tertiary/aromatic N) is 2. The number of amides is 2. The van der Waals surface area contributed by atoms with Gasteiger partial charge in [0.05, 0.1) is 35.3 Å². The monoisotopic (exact) mass is 495 g/mol. The van der Waals surface area contributed by atoms with Gasteiger partial charge in [0.25, 0.3) is 5.91 Å². The molecule has 1 aliphatic rings. The number of anilines is 2. The lowest BCUT2D eigenvalue weighted by molar-refractivity contribution is -0.128. The number of methoxy groups -OCH3 is 1. The number of hydrogen-bond donors (Lipinski definition) is 1. The largest absolute Gasteiger partial charge is 0.492 e. The van der Waals surface area contributed by atoms with Crippen molar-refractivity contribution in [1.29, 1.82) is 0 Å². The Morgan fingerprint density at radius 2 is 2.09 bits per heavy atom. The van der Waals surface area contributed by atoms with Crippen LogP contribution < -0.4 is 19.7 Å². The number of thiazole rings is 1. The molecule has 2 atom stereocenters. The van der Waals surface area contributed by atoms with Crippen molar-refractivity contribution in [3.63, 3.8) is 0 Å². The molecular weight excluding hydrogens is 466 g/mol. The van der Waals surface area contributed by atoms with E-state index in [1.165, 1.54) is 4.90 Å². The summed E-state index contributed by atoms with van der Waals surface area (Å²) in [5.74, 6) is 0.513. The number of carbonyl (C=O) groups excluding carboxylic acids is 2. The third kappa shape index (κ3) is 5.31. The predicted molar refractivity (Wildman–Crippen MR) is 136 cm³/mol. The molecule has 1 aromatic heterocycles. The molecule has 184 valence electrons. The molecule has 0 saturated carbocycles. The molecule has 2 unspecified atom stereocenters. The fraction of sp³-hybridized carbons (Fsp3) is 0.346. The first-order chi connectivity index (χ1) is 16.9. The van der Waals surface area contributed by atoms with E-state index in [2.05, 4.69) is 10.3 Å². The molecule has 9 heteroatoms. The van der Waals surface area contributed by atoms with Gasteiger partial charge in [0.15, 0.2) is 6.10 Å². The molecule has 1 aliphatic heterocycles. The quantitative estimate of drug-likeness (QED) is 0.469. The van der Waals surface area contributed by atoms with E-state index in [1.807, 2.05) is 42.6 Å². The number of para-hydroxylation sites is 2. The van der Waals surface area contributed by atoms with Gasteiger partial charge in [-0.15, -0.1) is 11.3 Å². The van der Waals surface area contributed by atoms with Crippen molar-refractivity contribution in [2.24, 2.45) is 0 Å². The molecule has 4 rings (SSSR count). The van der Waals surface area contributed by atoms with Gasteiger partial charge in [0.1, 0.15) is 17.5 Å². The van der Waals surface area contributed by atoms with E-state index >= 15 is 0 Å². The second kappa shape index (κ2) is 10.9. The fourth-order valence-corrected chi connectivity index (χ4v) is 4.66. The Hall–Kier alpha value is -3.43. The van der Waals surface area contributed by atoms with Crippen molar-refractivity contribution in [1.82, 2.24) is 4.98 Å². The normalized spacial score (nSPS) is 15.8. The number of ether oxygens (including phenoxy) is 3. The van der Waals surface area contributed by atoms with E-state index < -0.39 is 12.1 Å². The maximum absolute atomic E-state index is 13.3. The molecule has 0 spiro atoms. The molecule has 0 bridgehead atoms. The standard InChI is InChI=1S/C26H29N3O5S/c1-5-33-22-9-7-6-8-19(22)28-25(30)16(2)29-21-14-18(10-11-23(21)34-17(3)26(29)31)20-15-35-24(27-20)12-13-32-4/h6-11,14-17H,5,12-13H2,1-4H3,(H,28,30). The number of nitrogens with one attached hydrogen (secondary N) is 1. The highest BCUT2D eigenvalue weighted by Crippen LogP contribution is 2.39. The second-order valence-corrected chi connectivity index (χ2v) is 9.06. The average molecular weight is 496 g/mol. The van der Waals surface area contributed by atoms with Gasteiger partial charge in [-0.25, -0.2) is 4.98 Å². The lowest BCUT2D eigenvalue weighted by Crippen LogP contribution is -2.52. The van der Waals surface area contributed by atoms with Crippen molar-refractivity contribution >= 4 is 34.5 Å². The zero-order valence-corrected chi connectivity index (χ0v) is 21.1. The van der Waals surface area contributed by atoms with E-state index in [0.29, 0.717) is 36.1 Å². The van der Waals surface area contributed by atoms with Crippen LogP contribution in [-0.4, -0.2) is 49.3 Å². The highest BCUT2D eigenvalue weighted by molar-refractivity contribution is 7.09. The van der Waals surface area contributed by atoms with Crippen molar-refractivity contribution < 1.29 is 23.8 Å². The van der Waals surface area contributed by atoms with Gasteiger partial charge < -0.3 is 19.5 Å². The number of benzene rings is 2. The summed E-state index contributed by atoms with van der Waals surface area (Å²) in [4.78, 5) is 32.7. The number of aromatic nitrogens is 1. The van der Waals surface area contributed by atoms with E-state index in [1.54, 1.807) is 44.4 Å². The zero-order valence-electron chi connectivity index (χ0n) is 20.2. The van der Waals surface area contributed by atoms with Crippen LogP contribution in [0.15, 0.2) is 47.8 Å². The van der Waals surface area contributed by atoms with Gasteiger partial charge in [0, 0.05) is 24.5 Å². The van der Waals surface area contributed by atoms with Crippen molar-refractivity contribution in [2.75, 3.05) is 30.5 Å². The van der Waals surface area contributed by atoms with Gasteiger partial charge in [-0.1, -0.05) is 12.1 Å². The van der Waals surface area contributed by atoms with Gasteiger partial charge in [0.2, 0.25) is 5.91 Å². The third-order valence-corrected chi connectivity index (χ3v) is 6.60. The van der Waals surface area contributed by atoms with E-state index in [4.69, 9.17) is 14.2 Å². The van der Waals surface area contributed by atoms with Gasteiger partial charge in [-0.3, -0.25) is 14.5 Å². The first-order valence-corrected chi connectivity index (χ1v) is 12.4. The summed E-state index contributed by atoms with van der Waals surface area (Å²) in [5.41, 5.74) is 2.74. The summed E-state index contributed by atoms with van der Waals surface area (Å²) in [6, 6.07) is 12.0. The Labute approximate surface area is 208 Å². The number of hydrogen-bond acceptors (Lipinski definition) is 7. The van der Waals surface area contributed by atoms with Crippen LogP contribution in [0.5, 0.6) is 11.5 Å². The van der Waals surface area contributed by atoms with Crippen molar-refractivity contribution in [2.45, 2.75) is 39.3 Å². The highest BCUT2D eigenvalue weighted by Gasteiger charge is 2.37. The van der Waals surface area contributed by atoms with Crippen LogP contribution in [0, 0.1) is 0 Å². The first-order valence-electron chi connectivity index (χ1n) is 11.5. The third-order valence-electron chi connectivity index (χ3n) is 5.69. The Morgan fingerprint density at radius 1 is 1.29 bits per heavy atom. The van der Waals surface area contributed by atoms with Crippen molar-refractivity contribution in [3.05, 3.63) is 52.9 Å². The molecule has 35 heavy (non-hydrogen) atoms. The maximum Gasteiger partial charge on any atom is 0.268 e. The molecule has 8 nitrogen and oxygen atoms in total. The highest BCUT2D eigenvalue weighted by atomic mass is 32.1. The number of fused-ring (bicyclic) bond motifs is 1. The molecule has 0 aliphatic carbocycles. The Kier molecular flexibility index (Phi) is 7.67. The van der Waals surface area contributed by atoms with Gasteiger partial charge in [-0.05, 0) is 51.1 Å². The van der Waals surface area contributed by atoms with E-state index in [9.17, 15) is 9.59 Å². The molecule has 0 radical (unpaired) electrons. The van der Waals surface area contributed by atoms with Crippen LogP contribution in [0.25, 0.3) is 11.3 Å². The Bertz CT molecular complexity index is 1210. The molecule has 2 aromatic carbocycles. The summed E-state index contributed by atoms with van der Waals surface area (Å²) in [6.07, 6.45) is 0.0249. The molecule has 2 amide bonds. The van der Waals surface area contributed by atoms with Crippen LogP contribution in [0.2, 0.25) is 0 Å². The summed E-state index contributed by atoms with van der Waals surface area (Å²) < 4.78 is 16.6. The molecule has 0 fully saturated rings.